The average Bonchev–Trinajstić information content (AvgIpc) is 2.80. The van der Waals surface area contributed by atoms with Gasteiger partial charge in [0, 0.05) is 6.20 Å². The molecule has 0 aliphatic carbocycles. The molecule has 3 heteroatoms. The standard InChI is InChI=1S/C13H9NO2/c1-2-4-10(5-3-1)16-13-11-7-9-15-12(11)6-8-14-13/h1-9H. The van der Waals surface area contributed by atoms with E-state index in [9.17, 15) is 0 Å². The first-order valence-corrected chi connectivity index (χ1v) is 4.98. The molecule has 3 rings (SSSR count). The van der Waals surface area contributed by atoms with Crippen molar-refractivity contribution < 1.29 is 9.15 Å². The summed E-state index contributed by atoms with van der Waals surface area (Å²) in [5, 5.41) is 0.881. The second kappa shape index (κ2) is 3.70. The van der Waals surface area contributed by atoms with Crippen molar-refractivity contribution >= 4 is 11.0 Å². The van der Waals surface area contributed by atoms with E-state index in [1.165, 1.54) is 0 Å². The van der Waals surface area contributed by atoms with Crippen molar-refractivity contribution in [2.75, 3.05) is 0 Å². The SMILES string of the molecule is c1ccc(Oc2nccc3occc23)cc1. The van der Waals surface area contributed by atoms with Crippen LogP contribution in [-0.2, 0) is 0 Å². The molecular formula is C13H9NO2. The van der Waals surface area contributed by atoms with E-state index in [0.717, 1.165) is 16.7 Å². The first-order valence-electron chi connectivity index (χ1n) is 4.98. The fourth-order valence-electron chi connectivity index (χ4n) is 1.55. The summed E-state index contributed by atoms with van der Waals surface area (Å²) in [6, 6.07) is 13.2. The fraction of sp³-hybridized carbons (Fsp3) is 0. The van der Waals surface area contributed by atoms with Gasteiger partial charge in [0.2, 0.25) is 5.88 Å². The second-order valence-electron chi connectivity index (χ2n) is 3.36. The number of nitrogens with zero attached hydrogens (tertiary/aromatic N) is 1. The quantitative estimate of drug-likeness (QED) is 0.649. The molecule has 16 heavy (non-hydrogen) atoms. The molecule has 0 saturated heterocycles. The normalized spacial score (nSPS) is 10.5. The van der Waals surface area contributed by atoms with Gasteiger partial charge in [-0.3, -0.25) is 0 Å². The van der Waals surface area contributed by atoms with Crippen molar-refractivity contribution in [2.45, 2.75) is 0 Å². The molecule has 3 aromatic rings. The number of aromatic nitrogens is 1. The second-order valence-corrected chi connectivity index (χ2v) is 3.36. The van der Waals surface area contributed by atoms with Crippen molar-refractivity contribution in [2.24, 2.45) is 0 Å². The molecule has 0 bridgehead atoms. The Balaban J connectivity index is 2.04. The van der Waals surface area contributed by atoms with Gasteiger partial charge >= 0.3 is 0 Å². The Morgan fingerprint density at radius 1 is 1.00 bits per heavy atom. The van der Waals surface area contributed by atoms with Crippen LogP contribution in [0, 0.1) is 0 Å². The van der Waals surface area contributed by atoms with E-state index in [0.29, 0.717) is 5.88 Å². The van der Waals surface area contributed by atoms with E-state index < -0.39 is 0 Å². The summed E-state index contributed by atoms with van der Waals surface area (Å²) in [7, 11) is 0. The van der Waals surface area contributed by atoms with Gasteiger partial charge in [0.25, 0.3) is 0 Å². The van der Waals surface area contributed by atoms with Gasteiger partial charge in [-0.2, -0.15) is 0 Å². The Morgan fingerprint density at radius 3 is 2.75 bits per heavy atom. The van der Waals surface area contributed by atoms with Crippen LogP contribution in [-0.4, -0.2) is 4.98 Å². The molecular weight excluding hydrogens is 202 g/mol. The minimum atomic E-state index is 0.567. The zero-order valence-corrected chi connectivity index (χ0v) is 8.46. The lowest BCUT2D eigenvalue weighted by Crippen LogP contribution is -1.87. The average molecular weight is 211 g/mol. The lowest BCUT2D eigenvalue weighted by atomic mass is 10.3. The van der Waals surface area contributed by atoms with Crippen LogP contribution in [0.15, 0.2) is 59.3 Å². The van der Waals surface area contributed by atoms with E-state index in [1.807, 2.05) is 42.5 Å². The van der Waals surface area contributed by atoms with Gasteiger partial charge < -0.3 is 9.15 Å². The number of para-hydroxylation sites is 1. The summed E-state index contributed by atoms with van der Waals surface area (Å²) >= 11 is 0. The van der Waals surface area contributed by atoms with E-state index in [-0.39, 0.29) is 0 Å². The Labute approximate surface area is 92.3 Å². The lowest BCUT2D eigenvalue weighted by Gasteiger charge is -2.04. The number of hydrogen-bond donors (Lipinski definition) is 0. The zero-order valence-electron chi connectivity index (χ0n) is 8.46. The molecule has 0 atom stereocenters. The van der Waals surface area contributed by atoms with Crippen LogP contribution in [0.3, 0.4) is 0 Å². The van der Waals surface area contributed by atoms with Crippen LogP contribution >= 0.6 is 0 Å². The van der Waals surface area contributed by atoms with Crippen molar-refractivity contribution in [3.8, 4) is 11.6 Å². The number of rotatable bonds is 2. The highest BCUT2D eigenvalue weighted by Crippen LogP contribution is 2.27. The van der Waals surface area contributed by atoms with E-state index in [1.54, 1.807) is 12.5 Å². The molecule has 2 aromatic heterocycles. The molecule has 0 aliphatic rings. The summed E-state index contributed by atoms with van der Waals surface area (Å²) in [5.41, 5.74) is 0.779. The van der Waals surface area contributed by atoms with Crippen molar-refractivity contribution in [3.05, 3.63) is 54.9 Å². The lowest BCUT2D eigenvalue weighted by molar-refractivity contribution is 0.468. The molecule has 0 aliphatic heterocycles. The molecule has 78 valence electrons. The van der Waals surface area contributed by atoms with Crippen LogP contribution in [0.5, 0.6) is 11.6 Å². The van der Waals surface area contributed by atoms with Crippen LogP contribution < -0.4 is 4.74 Å². The predicted octanol–water partition coefficient (Wildman–Crippen LogP) is 3.62. The number of ether oxygens (including phenoxy) is 1. The Bertz CT molecular complexity index is 601. The third-order valence-electron chi connectivity index (χ3n) is 2.30. The van der Waals surface area contributed by atoms with Crippen LogP contribution in [0.4, 0.5) is 0 Å². The van der Waals surface area contributed by atoms with Gasteiger partial charge in [0.15, 0.2) is 0 Å². The Kier molecular flexibility index (Phi) is 2.07. The van der Waals surface area contributed by atoms with Crippen molar-refractivity contribution in [1.82, 2.24) is 4.98 Å². The maximum Gasteiger partial charge on any atom is 0.230 e. The Morgan fingerprint density at radius 2 is 1.88 bits per heavy atom. The van der Waals surface area contributed by atoms with Gasteiger partial charge in [0.05, 0.1) is 11.6 Å². The van der Waals surface area contributed by atoms with Crippen molar-refractivity contribution in [1.29, 1.82) is 0 Å². The van der Waals surface area contributed by atoms with Gasteiger partial charge in [-0.15, -0.1) is 0 Å². The van der Waals surface area contributed by atoms with Gasteiger partial charge in [-0.25, -0.2) is 4.98 Å². The van der Waals surface area contributed by atoms with Gasteiger partial charge in [-0.05, 0) is 24.3 Å². The molecule has 0 N–H and O–H groups in total. The summed E-state index contributed by atoms with van der Waals surface area (Å²) in [4.78, 5) is 4.19. The minimum Gasteiger partial charge on any atom is -0.464 e. The largest absolute Gasteiger partial charge is 0.464 e. The summed E-state index contributed by atoms with van der Waals surface area (Å²) in [6.07, 6.45) is 3.30. The molecule has 0 amide bonds. The summed E-state index contributed by atoms with van der Waals surface area (Å²) in [5.74, 6) is 1.33. The topological polar surface area (TPSA) is 35.3 Å². The predicted molar refractivity (Wildman–Crippen MR) is 60.5 cm³/mol. The van der Waals surface area contributed by atoms with Gasteiger partial charge in [-0.1, -0.05) is 18.2 Å². The van der Waals surface area contributed by atoms with E-state index >= 15 is 0 Å². The number of furan rings is 1. The molecule has 3 nitrogen and oxygen atoms in total. The van der Waals surface area contributed by atoms with Crippen LogP contribution in [0.25, 0.3) is 11.0 Å². The van der Waals surface area contributed by atoms with E-state index in [2.05, 4.69) is 4.98 Å². The molecule has 0 spiro atoms. The maximum atomic E-state index is 5.68. The molecule has 0 fully saturated rings. The first kappa shape index (κ1) is 8.97. The van der Waals surface area contributed by atoms with Crippen LogP contribution in [0.2, 0.25) is 0 Å². The molecule has 0 saturated carbocycles. The highest BCUT2D eigenvalue weighted by molar-refractivity contribution is 5.82. The highest BCUT2D eigenvalue weighted by atomic mass is 16.5. The first-order chi connectivity index (χ1) is 7.93. The minimum absolute atomic E-state index is 0.567. The molecule has 1 aromatic carbocycles. The number of pyridine rings is 1. The summed E-state index contributed by atoms with van der Waals surface area (Å²) < 4.78 is 11.0. The fourth-order valence-corrected chi connectivity index (χ4v) is 1.55. The Hall–Kier alpha value is -2.29. The third-order valence-corrected chi connectivity index (χ3v) is 2.30. The smallest absolute Gasteiger partial charge is 0.230 e. The zero-order chi connectivity index (χ0) is 10.8. The van der Waals surface area contributed by atoms with Crippen LogP contribution in [0.1, 0.15) is 0 Å². The summed E-state index contributed by atoms with van der Waals surface area (Å²) in [6.45, 7) is 0. The van der Waals surface area contributed by atoms with Gasteiger partial charge in [0.1, 0.15) is 11.3 Å². The van der Waals surface area contributed by atoms with Crippen molar-refractivity contribution in [3.63, 3.8) is 0 Å². The van der Waals surface area contributed by atoms with E-state index in [4.69, 9.17) is 9.15 Å². The molecule has 0 unspecified atom stereocenters. The maximum absolute atomic E-state index is 5.68. The number of fused-ring (bicyclic) bond motifs is 1. The third kappa shape index (κ3) is 1.52. The number of benzene rings is 1. The molecule has 2 heterocycles. The molecule has 0 radical (unpaired) electrons. The highest BCUT2D eigenvalue weighted by Gasteiger charge is 2.06. The monoisotopic (exact) mass is 211 g/mol. The number of hydrogen-bond acceptors (Lipinski definition) is 3.